The minimum absolute atomic E-state index is 1.25. The lowest BCUT2D eigenvalue weighted by molar-refractivity contribution is 0.864. The summed E-state index contributed by atoms with van der Waals surface area (Å²) in [5.41, 5.74) is 3.88. The maximum Gasteiger partial charge on any atom is 0.0140 e. The third kappa shape index (κ3) is 2.62. The van der Waals surface area contributed by atoms with Crippen LogP contribution in [-0.4, -0.2) is 4.57 Å². The molecule has 0 atom stereocenters. The molecule has 0 spiro atoms. The van der Waals surface area contributed by atoms with Gasteiger partial charge in [0, 0.05) is 18.9 Å². The zero-order chi connectivity index (χ0) is 9.84. The molecule has 0 unspecified atom stereocenters. The Morgan fingerprint density at radius 3 is 2.23 bits per heavy atom. The van der Waals surface area contributed by atoms with Gasteiger partial charge in [-0.2, -0.15) is 0 Å². The van der Waals surface area contributed by atoms with Gasteiger partial charge in [-0.25, -0.2) is 0 Å². The van der Waals surface area contributed by atoms with Crippen LogP contribution in [0.3, 0.4) is 0 Å². The summed E-state index contributed by atoms with van der Waals surface area (Å²) in [4.78, 5) is 0. The zero-order valence-electron chi connectivity index (χ0n) is 8.83. The van der Waals surface area contributed by atoms with Gasteiger partial charge < -0.3 is 4.57 Å². The fourth-order valence-electron chi connectivity index (χ4n) is 1.06. The third-order valence-electron chi connectivity index (χ3n) is 2.41. The van der Waals surface area contributed by atoms with Crippen LogP contribution in [0.5, 0.6) is 0 Å². The Morgan fingerprint density at radius 2 is 1.54 bits per heavy atom. The Morgan fingerprint density at radius 1 is 0.923 bits per heavy atom. The van der Waals surface area contributed by atoms with Crippen molar-refractivity contribution in [3.05, 3.63) is 47.3 Å². The van der Waals surface area contributed by atoms with E-state index in [1.807, 2.05) is 0 Å². The molecule has 0 N–H and O–H groups in total. The minimum Gasteiger partial charge on any atom is -0.355 e. The topological polar surface area (TPSA) is 4.93 Å². The molecule has 0 saturated carbocycles. The molecular weight excluding hydrogens is 158 g/mol. The van der Waals surface area contributed by atoms with Crippen LogP contribution < -0.4 is 0 Å². The molecule has 0 aromatic carbocycles. The van der Waals surface area contributed by atoms with Gasteiger partial charge in [-0.3, -0.25) is 0 Å². The first-order valence-corrected chi connectivity index (χ1v) is 4.55. The fraction of sp³-hybridized carbons (Fsp3) is 0.333. The maximum absolute atomic E-state index is 2.16. The second kappa shape index (κ2) is 4.13. The van der Waals surface area contributed by atoms with Crippen molar-refractivity contribution < 1.29 is 0 Å². The van der Waals surface area contributed by atoms with Gasteiger partial charge in [0.05, 0.1) is 0 Å². The number of aromatic nitrogens is 1. The molecule has 1 heterocycles. The van der Waals surface area contributed by atoms with Crippen LogP contribution in [0.1, 0.15) is 16.8 Å². The molecule has 0 radical (unpaired) electrons. The molecule has 1 aromatic heterocycles. The Kier molecular flexibility index (Phi) is 3.13. The first-order valence-electron chi connectivity index (χ1n) is 4.55. The maximum atomic E-state index is 2.16. The molecular formula is C12H17N. The number of aryl methyl sites for hydroxylation is 4. The Hall–Kier alpha value is -1.24. The van der Waals surface area contributed by atoms with Crippen molar-refractivity contribution in [1.29, 1.82) is 0 Å². The molecule has 1 heteroatoms. The average molecular weight is 175 g/mol. The van der Waals surface area contributed by atoms with E-state index in [0.29, 0.717) is 0 Å². The number of nitrogens with zero attached hydrogens (tertiary/aromatic N) is 1. The van der Waals surface area contributed by atoms with Crippen molar-refractivity contribution in [2.75, 3.05) is 0 Å². The highest BCUT2D eigenvalue weighted by Crippen LogP contribution is 2.02. The monoisotopic (exact) mass is 175 g/mol. The van der Waals surface area contributed by atoms with Gasteiger partial charge in [-0.1, -0.05) is 12.1 Å². The molecule has 0 saturated heterocycles. The van der Waals surface area contributed by atoms with Crippen LogP contribution in [0, 0.1) is 20.8 Å². The summed E-state index contributed by atoms with van der Waals surface area (Å²) in [5, 5.41) is 0. The van der Waals surface area contributed by atoms with Crippen molar-refractivity contribution in [2.45, 2.75) is 20.8 Å². The van der Waals surface area contributed by atoms with E-state index in [-0.39, 0.29) is 0 Å². The lowest BCUT2D eigenvalue weighted by Gasteiger charge is -1.96. The Labute approximate surface area is 80.4 Å². The van der Waals surface area contributed by atoms with E-state index in [0.717, 1.165) is 0 Å². The van der Waals surface area contributed by atoms with E-state index in [2.05, 4.69) is 62.8 Å². The summed E-state index contributed by atoms with van der Waals surface area (Å²) in [6.45, 7) is 6.37. The van der Waals surface area contributed by atoms with Crippen LogP contribution >= 0.6 is 0 Å². The fourth-order valence-corrected chi connectivity index (χ4v) is 1.06. The molecule has 0 bridgehead atoms. The zero-order valence-corrected chi connectivity index (χ0v) is 8.83. The van der Waals surface area contributed by atoms with E-state index >= 15 is 0 Å². The van der Waals surface area contributed by atoms with E-state index < -0.39 is 0 Å². The van der Waals surface area contributed by atoms with Crippen molar-refractivity contribution in [3.8, 4) is 0 Å². The normalized spacial score (nSPS) is 9.54. The van der Waals surface area contributed by atoms with Crippen molar-refractivity contribution in [3.63, 3.8) is 0 Å². The van der Waals surface area contributed by atoms with Gasteiger partial charge in [0.1, 0.15) is 0 Å². The van der Waals surface area contributed by atoms with Gasteiger partial charge in [0.2, 0.25) is 0 Å². The highest BCUT2D eigenvalue weighted by molar-refractivity contribution is 5.21. The van der Waals surface area contributed by atoms with Gasteiger partial charge in [0.15, 0.2) is 0 Å². The summed E-state index contributed by atoms with van der Waals surface area (Å²) < 4.78 is 2.11. The summed E-state index contributed by atoms with van der Waals surface area (Å²) >= 11 is 0. The summed E-state index contributed by atoms with van der Waals surface area (Å²) in [7, 11) is 2.06. The van der Waals surface area contributed by atoms with Crippen LogP contribution in [0.4, 0.5) is 0 Å². The van der Waals surface area contributed by atoms with Crippen LogP contribution in [0.15, 0.2) is 30.5 Å². The second-order valence-electron chi connectivity index (χ2n) is 3.46. The lowest BCUT2D eigenvalue weighted by Crippen LogP contribution is -1.89. The van der Waals surface area contributed by atoms with Crippen molar-refractivity contribution >= 4 is 0 Å². The number of rotatable bonds is 0. The van der Waals surface area contributed by atoms with Gasteiger partial charge >= 0.3 is 0 Å². The van der Waals surface area contributed by atoms with Crippen molar-refractivity contribution in [2.24, 2.45) is 7.05 Å². The van der Waals surface area contributed by atoms with E-state index in [1.54, 1.807) is 0 Å². The predicted octanol–water partition coefficient (Wildman–Crippen LogP) is 3.07. The predicted molar refractivity (Wildman–Crippen MR) is 57.3 cm³/mol. The van der Waals surface area contributed by atoms with Gasteiger partial charge in [-0.15, -0.1) is 0 Å². The minimum atomic E-state index is 1.25. The standard InChI is InChI=1S/C12H17N/c1-10-6-5-9-13(4)12(3)8-7-11(10)2/h5-9H,1-4H3. The van der Waals surface area contributed by atoms with E-state index in [9.17, 15) is 0 Å². The van der Waals surface area contributed by atoms with Crippen LogP contribution in [0.25, 0.3) is 0 Å². The molecule has 0 amide bonds. The van der Waals surface area contributed by atoms with Crippen molar-refractivity contribution in [1.82, 2.24) is 4.57 Å². The molecule has 1 aromatic rings. The van der Waals surface area contributed by atoms with E-state index in [4.69, 9.17) is 0 Å². The van der Waals surface area contributed by atoms with Crippen LogP contribution in [0.2, 0.25) is 0 Å². The molecule has 70 valence electrons. The molecule has 0 aliphatic heterocycles. The molecule has 0 aliphatic carbocycles. The highest BCUT2D eigenvalue weighted by atomic mass is 14.9. The lowest BCUT2D eigenvalue weighted by atomic mass is 10.2. The molecule has 1 rings (SSSR count). The quantitative estimate of drug-likeness (QED) is 0.571. The van der Waals surface area contributed by atoms with E-state index in [1.165, 1.54) is 16.8 Å². The SMILES string of the molecule is Cc1cccn(C)c(C)ccc1C. The number of hydrogen-bond donors (Lipinski definition) is 0. The first kappa shape index (κ1) is 9.85. The second-order valence-corrected chi connectivity index (χ2v) is 3.46. The molecule has 13 heavy (non-hydrogen) atoms. The molecule has 0 aliphatic rings. The van der Waals surface area contributed by atoms with Gasteiger partial charge in [-0.05, 0) is 44.0 Å². The van der Waals surface area contributed by atoms with Crippen LogP contribution in [-0.2, 0) is 7.05 Å². The third-order valence-corrected chi connectivity index (χ3v) is 2.41. The molecule has 0 fully saturated rings. The summed E-state index contributed by atoms with van der Waals surface area (Å²) in [6, 6.07) is 8.51. The first-order chi connectivity index (χ1) is 6.11. The largest absolute Gasteiger partial charge is 0.355 e. The Balaban J connectivity index is 3.45. The average Bonchev–Trinajstić information content (AvgIpc) is 2.15. The number of hydrogen-bond acceptors (Lipinski definition) is 0. The highest BCUT2D eigenvalue weighted by Gasteiger charge is 1.86. The summed E-state index contributed by atoms with van der Waals surface area (Å²) in [5.74, 6) is 0. The molecule has 1 nitrogen and oxygen atoms in total. The Bertz CT molecular complexity index is 313. The summed E-state index contributed by atoms with van der Waals surface area (Å²) in [6.07, 6.45) is 2.07. The smallest absolute Gasteiger partial charge is 0.0140 e. The van der Waals surface area contributed by atoms with Gasteiger partial charge in [0.25, 0.3) is 0 Å².